The normalized spacial score (nSPS) is 10.9. The van der Waals surface area contributed by atoms with Crippen LogP contribution >= 0.6 is 0 Å². The van der Waals surface area contributed by atoms with Gasteiger partial charge >= 0.3 is 0 Å². The third kappa shape index (κ3) is 2.78. The molecule has 0 fully saturated rings. The Kier molecular flexibility index (Phi) is 3.66. The Hall–Kier alpha value is -1.96. The van der Waals surface area contributed by atoms with Crippen LogP contribution in [-0.2, 0) is 6.42 Å². The highest BCUT2D eigenvalue weighted by atomic mass is 14.9. The van der Waals surface area contributed by atoms with Gasteiger partial charge in [0.1, 0.15) is 0 Å². The smallest absolute Gasteiger partial charge is 0.159 e. The predicted molar refractivity (Wildman–Crippen MR) is 71.6 cm³/mol. The molecule has 2 rings (SSSR count). The quantitative estimate of drug-likeness (QED) is 0.793. The molecular weight excluding hydrogens is 208 g/mol. The molecule has 17 heavy (non-hydrogen) atoms. The van der Waals surface area contributed by atoms with Gasteiger partial charge in [0.25, 0.3) is 0 Å². The van der Waals surface area contributed by atoms with Crippen LogP contribution in [0, 0.1) is 0 Å². The average Bonchev–Trinajstić information content (AvgIpc) is 2.40. The fraction of sp³-hybridized carbons (Fsp3) is 0.200. The number of hydrogen-bond donors (Lipinski definition) is 0. The summed E-state index contributed by atoms with van der Waals surface area (Å²) in [5, 5.41) is 0. The van der Waals surface area contributed by atoms with Gasteiger partial charge in [0, 0.05) is 18.0 Å². The second-order valence-corrected chi connectivity index (χ2v) is 3.89. The number of hydrogen-bond acceptors (Lipinski definition) is 2. The first-order valence-electron chi connectivity index (χ1n) is 5.87. The minimum Gasteiger partial charge on any atom is -0.236 e. The molecule has 2 nitrogen and oxygen atoms in total. The molecule has 0 bridgehead atoms. The Labute approximate surface area is 102 Å². The molecule has 2 heteroatoms. The van der Waals surface area contributed by atoms with E-state index in [2.05, 4.69) is 47.2 Å². The molecule has 0 aliphatic rings. The largest absolute Gasteiger partial charge is 0.236 e. The minimum absolute atomic E-state index is 0.786. The summed E-state index contributed by atoms with van der Waals surface area (Å²) in [5.74, 6) is 0.786. The predicted octanol–water partition coefficient (Wildman–Crippen LogP) is 3.74. The third-order valence-electron chi connectivity index (χ3n) is 2.64. The van der Waals surface area contributed by atoms with Crippen molar-refractivity contribution in [2.24, 2.45) is 0 Å². The zero-order valence-corrected chi connectivity index (χ0v) is 10.2. The molecule has 86 valence electrons. The van der Waals surface area contributed by atoms with Crippen LogP contribution in [0.2, 0.25) is 0 Å². The molecule has 0 N–H and O–H groups in total. The van der Waals surface area contributed by atoms with Gasteiger partial charge in [-0.25, -0.2) is 9.97 Å². The van der Waals surface area contributed by atoms with Gasteiger partial charge < -0.3 is 0 Å². The molecule has 1 aromatic carbocycles. The number of rotatable bonds is 3. The van der Waals surface area contributed by atoms with Crippen molar-refractivity contribution in [2.45, 2.75) is 20.3 Å². The maximum absolute atomic E-state index is 4.37. The van der Waals surface area contributed by atoms with E-state index in [1.807, 2.05) is 25.4 Å². The van der Waals surface area contributed by atoms with E-state index in [9.17, 15) is 0 Å². The van der Waals surface area contributed by atoms with Crippen molar-refractivity contribution >= 4 is 6.08 Å². The van der Waals surface area contributed by atoms with E-state index < -0.39 is 0 Å². The number of benzene rings is 1. The molecule has 1 aromatic heterocycles. The van der Waals surface area contributed by atoms with Crippen LogP contribution in [0.15, 0.2) is 42.7 Å². The molecule has 0 amide bonds. The van der Waals surface area contributed by atoms with E-state index in [0.29, 0.717) is 0 Å². The molecule has 0 aliphatic heterocycles. The van der Waals surface area contributed by atoms with Gasteiger partial charge in [-0.2, -0.15) is 0 Å². The fourth-order valence-electron chi connectivity index (χ4n) is 1.62. The van der Waals surface area contributed by atoms with Gasteiger partial charge in [0.05, 0.1) is 0 Å². The van der Waals surface area contributed by atoms with Crippen LogP contribution in [0.5, 0.6) is 0 Å². The SMILES string of the molecule is C/C=C/c1ccc(-c2ncc(CC)cn2)cc1. The summed E-state index contributed by atoms with van der Waals surface area (Å²) < 4.78 is 0. The molecular formula is C15H16N2. The van der Waals surface area contributed by atoms with E-state index in [0.717, 1.165) is 17.8 Å². The number of allylic oxidation sites excluding steroid dienone is 1. The average molecular weight is 224 g/mol. The molecule has 0 unspecified atom stereocenters. The third-order valence-corrected chi connectivity index (χ3v) is 2.64. The highest BCUT2D eigenvalue weighted by Gasteiger charge is 2.00. The maximum Gasteiger partial charge on any atom is 0.159 e. The van der Waals surface area contributed by atoms with Crippen LogP contribution in [0.3, 0.4) is 0 Å². The Morgan fingerprint density at radius 2 is 1.71 bits per heavy atom. The molecule has 0 saturated heterocycles. The molecule has 0 atom stereocenters. The summed E-state index contributed by atoms with van der Waals surface area (Å²) in [6, 6.07) is 8.26. The minimum atomic E-state index is 0.786. The van der Waals surface area contributed by atoms with Gasteiger partial charge in [0.15, 0.2) is 5.82 Å². The summed E-state index contributed by atoms with van der Waals surface area (Å²) in [5.41, 5.74) is 3.42. The molecule has 0 saturated carbocycles. The summed E-state index contributed by atoms with van der Waals surface area (Å²) in [4.78, 5) is 8.73. The Morgan fingerprint density at radius 3 is 2.24 bits per heavy atom. The van der Waals surface area contributed by atoms with Crippen molar-refractivity contribution in [3.8, 4) is 11.4 Å². The first-order valence-corrected chi connectivity index (χ1v) is 5.87. The Bertz CT molecular complexity index is 495. The van der Waals surface area contributed by atoms with Crippen LogP contribution in [0.4, 0.5) is 0 Å². The standard InChI is InChI=1S/C15H16N2/c1-3-5-13-6-8-14(9-7-13)15-16-10-12(4-2)11-17-15/h3,5-11H,4H2,1-2H3/b5-3+. The van der Waals surface area contributed by atoms with Gasteiger partial charge in [-0.15, -0.1) is 0 Å². The highest BCUT2D eigenvalue weighted by Crippen LogP contribution is 2.16. The van der Waals surface area contributed by atoms with Crippen LogP contribution in [0.25, 0.3) is 17.5 Å². The topological polar surface area (TPSA) is 25.8 Å². The van der Waals surface area contributed by atoms with Crippen LogP contribution < -0.4 is 0 Å². The molecule has 1 heterocycles. The van der Waals surface area contributed by atoms with Gasteiger partial charge in [-0.05, 0) is 24.5 Å². The lowest BCUT2D eigenvalue weighted by molar-refractivity contribution is 1.05. The van der Waals surface area contributed by atoms with E-state index in [-0.39, 0.29) is 0 Å². The second-order valence-electron chi connectivity index (χ2n) is 3.89. The maximum atomic E-state index is 4.37. The lowest BCUT2D eigenvalue weighted by Gasteiger charge is -2.01. The number of nitrogens with zero attached hydrogens (tertiary/aromatic N) is 2. The zero-order chi connectivity index (χ0) is 12.1. The molecule has 0 radical (unpaired) electrons. The lowest BCUT2D eigenvalue weighted by atomic mass is 10.1. The van der Waals surface area contributed by atoms with Crippen molar-refractivity contribution in [1.82, 2.24) is 9.97 Å². The van der Waals surface area contributed by atoms with Crippen molar-refractivity contribution in [3.05, 3.63) is 53.9 Å². The summed E-state index contributed by atoms with van der Waals surface area (Å²) in [7, 11) is 0. The summed E-state index contributed by atoms with van der Waals surface area (Å²) in [6.07, 6.45) is 8.86. The van der Waals surface area contributed by atoms with E-state index in [4.69, 9.17) is 0 Å². The monoisotopic (exact) mass is 224 g/mol. The Balaban J connectivity index is 2.26. The summed E-state index contributed by atoms with van der Waals surface area (Å²) in [6.45, 7) is 4.12. The van der Waals surface area contributed by atoms with Crippen molar-refractivity contribution in [1.29, 1.82) is 0 Å². The van der Waals surface area contributed by atoms with Crippen molar-refractivity contribution in [2.75, 3.05) is 0 Å². The van der Waals surface area contributed by atoms with Gasteiger partial charge in [0.2, 0.25) is 0 Å². The van der Waals surface area contributed by atoms with Crippen molar-refractivity contribution in [3.63, 3.8) is 0 Å². The second kappa shape index (κ2) is 5.39. The molecule has 2 aromatic rings. The van der Waals surface area contributed by atoms with Gasteiger partial charge in [-0.1, -0.05) is 43.3 Å². The van der Waals surface area contributed by atoms with Crippen LogP contribution in [0.1, 0.15) is 25.0 Å². The Morgan fingerprint density at radius 1 is 1.06 bits per heavy atom. The number of aromatic nitrogens is 2. The van der Waals surface area contributed by atoms with Crippen LogP contribution in [-0.4, -0.2) is 9.97 Å². The lowest BCUT2D eigenvalue weighted by Crippen LogP contribution is -1.91. The fourth-order valence-corrected chi connectivity index (χ4v) is 1.62. The first kappa shape index (κ1) is 11.5. The molecule has 0 aliphatic carbocycles. The first-order chi connectivity index (χ1) is 8.33. The van der Waals surface area contributed by atoms with E-state index in [1.165, 1.54) is 11.1 Å². The van der Waals surface area contributed by atoms with Crippen molar-refractivity contribution < 1.29 is 0 Å². The summed E-state index contributed by atoms with van der Waals surface area (Å²) >= 11 is 0. The van der Waals surface area contributed by atoms with E-state index >= 15 is 0 Å². The van der Waals surface area contributed by atoms with E-state index in [1.54, 1.807) is 0 Å². The highest BCUT2D eigenvalue weighted by molar-refractivity contribution is 5.59. The zero-order valence-electron chi connectivity index (χ0n) is 10.2. The molecule has 0 spiro atoms. The number of aryl methyl sites for hydroxylation is 1. The van der Waals surface area contributed by atoms with Gasteiger partial charge in [-0.3, -0.25) is 0 Å².